The van der Waals surface area contributed by atoms with E-state index < -0.39 is 20.0 Å². The van der Waals surface area contributed by atoms with Crippen molar-refractivity contribution in [2.75, 3.05) is 40.9 Å². The largest absolute Gasteiger partial charge is 0.472 e. The lowest BCUT2D eigenvalue weighted by molar-refractivity contribution is -0.870. The molecule has 398 valence electrons. The van der Waals surface area contributed by atoms with Gasteiger partial charge in [-0.05, 0) is 44.9 Å². The van der Waals surface area contributed by atoms with Crippen molar-refractivity contribution in [2.45, 2.75) is 302 Å². The van der Waals surface area contributed by atoms with Crippen LogP contribution in [-0.2, 0) is 18.4 Å². The number of quaternary nitrogens is 1. The molecule has 0 heterocycles. The topological polar surface area (TPSA) is 105 Å². The maximum absolute atomic E-state index is 13.0. The Hall–Kier alpha value is -1.02. The smallest absolute Gasteiger partial charge is 0.387 e. The lowest BCUT2D eigenvalue weighted by Gasteiger charge is -2.25. The van der Waals surface area contributed by atoms with E-state index in [0.29, 0.717) is 17.4 Å². The van der Waals surface area contributed by atoms with Crippen molar-refractivity contribution in [3.63, 3.8) is 0 Å². The quantitative estimate of drug-likeness (QED) is 0.0243. The Labute approximate surface area is 417 Å². The molecule has 0 saturated carbocycles. The maximum atomic E-state index is 13.0. The molecule has 0 aliphatic carbocycles. The van der Waals surface area contributed by atoms with E-state index in [0.717, 1.165) is 32.1 Å². The van der Waals surface area contributed by atoms with Crippen molar-refractivity contribution in [2.24, 2.45) is 0 Å². The average molecular weight is 969 g/mol. The third-order valence-corrected chi connectivity index (χ3v) is 14.4. The molecule has 0 bridgehead atoms. The molecule has 0 aliphatic heterocycles. The van der Waals surface area contributed by atoms with Gasteiger partial charge in [0.1, 0.15) is 13.2 Å². The number of aliphatic hydroxyl groups is 1. The number of nitrogens with one attached hydrogen (secondary N) is 1. The first-order chi connectivity index (χ1) is 32.5. The number of unbranched alkanes of at least 4 members (excludes halogenated alkanes) is 39. The molecule has 3 unspecified atom stereocenters. The SMILES string of the molecule is CCCCCCCC/C=C\CCCCCCCCCCCC(=O)NC(COP(=O)(O)OCC[N+](C)(C)C)C(O)/C=C/CCCCCCCCCCCCCCCCCCCCCCCCCC. The molecule has 0 aromatic carbocycles. The van der Waals surface area contributed by atoms with Crippen molar-refractivity contribution in [1.82, 2.24) is 5.32 Å². The van der Waals surface area contributed by atoms with Gasteiger partial charge in [-0.3, -0.25) is 13.8 Å². The summed E-state index contributed by atoms with van der Waals surface area (Å²) in [6.07, 6.45) is 62.8. The molecule has 0 saturated heterocycles. The van der Waals surface area contributed by atoms with E-state index in [1.165, 1.54) is 238 Å². The molecule has 0 aliphatic rings. The minimum atomic E-state index is -4.35. The molecule has 9 heteroatoms. The second-order valence-corrected chi connectivity index (χ2v) is 22.8. The number of nitrogens with zero attached hydrogens (tertiary/aromatic N) is 1. The van der Waals surface area contributed by atoms with Crippen LogP contribution in [0.1, 0.15) is 290 Å². The van der Waals surface area contributed by atoms with E-state index in [1.54, 1.807) is 6.08 Å². The summed E-state index contributed by atoms with van der Waals surface area (Å²) in [6, 6.07) is -0.846. The number of likely N-dealkylation sites (N-methyl/N-ethyl adjacent to an activating group) is 1. The number of hydrogen-bond donors (Lipinski definition) is 3. The predicted molar refractivity (Wildman–Crippen MR) is 291 cm³/mol. The normalized spacial score (nSPS) is 14.1. The van der Waals surface area contributed by atoms with Gasteiger partial charge in [0.2, 0.25) is 5.91 Å². The van der Waals surface area contributed by atoms with Crippen LogP contribution in [0.4, 0.5) is 0 Å². The Bertz CT molecular complexity index is 1140. The summed E-state index contributed by atoms with van der Waals surface area (Å²) in [5, 5.41) is 13.9. The van der Waals surface area contributed by atoms with Gasteiger partial charge in [-0.25, -0.2) is 4.57 Å². The molecule has 3 N–H and O–H groups in total. The molecule has 67 heavy (non-hydrogen) atoms. The highest BCUT2D eigenvalue weighted by atomic mass is 31.2. The van der Waals surface area contributed by atoms with Crippen LogP contribution in [0.25, 0.3) is 0 Å². The number of rotatable bonds is 54. The zero-order valence-electron chi connectivity index (χ0n) is 45.4. The highest BCUT2D eigenvalue weighted by Crippen LogP contribution is 2.43. The molecule has 0 fully saturated rings. The zero-order chi connectivity index (χ0) is 49.2. The van der Waals surface area contributed by atoms with Gasteiger partial charge in [0.05, 0.1) is 39.9 Å². The van der Waals surface area contributed by atoms with E-state index in [4.69, 9.17) is 9.05 Å². The lowest BCUT2D eigenvalue weighted by atomic mass is 10.0. The molecular formula is C58H116N2O6P+. The number of phosphoric ester groups is 1. The van der Waals surface area contributed by atoms with Crippen LogP contribution < -0.4 is 5.32 Å². The summed E-state index contributed by atoms with van der Waals surface area (Å²) in [5.74, 6) is -0.175. The van der Waals surface area contributed by atoms with Crippen LogP contribution in [0.5, 0.6) is 0 Å². The second kappa shape index (κ2) is 49.9. The summed E-state index contributed by atoms with van der Waals surface area (Å²) in [4.78, 5) is 23.3. The van der Waals surface area contributed by atoms with E-state index in [2.05, 4.69) is 31.3 Å². The summed E-state index contributed by atoms with van der Waals surface area (Å²) in [5.41, 5.74) is 0. The van der Waals surface area contributed by atoms with Crippen molar-refractivity contribution in [3.8, 4) is 0 Å². The van der Waals surface area contributed by atoms with Crippen LogP contribution in [-0.4, -0.2) is 73.4 Å². The highest BCUT2D eigenvalue weighted by Gasteiger charge is 2.27. The number of carbonyl (C=O) groups excluding carboxylic acids is 1. The van der Waals surface area contributed by atoms with Gasteiger partial charge in [0, 0.05) is 6.42 Å². The van der Waals surface area contributed by atoms with Crippen LogP contribution in [0.3, 0.4) is 0 Å². The first-order valence-electron chi connectivity index (χ1n) is 29.2. The average Bonchev–Trinajstić information content (AvgIpc) is 3.29. The minimum Gasteiger partial charge on any atom is -0.387 e. The summed E-state index contributed by atoms with van der Waals surface area (Å²) >= 11 is 0. The van der Waals surface area contributed by atoms with Gasteiger partial charge in [-0.15, -0.1) is 0 Å². The van der Waals surface area contributed by atoms with Gasteiger partial charge >= 0.3 is 7.82 Å². The fraction of sp³-hybridized carbons (Fsp3) is 0.914. The summed E-state index contributed by atoms with van der Waals surface area (Å²) < 4.78 is 23.7. The molecule has 0 aromatic rings. The van der Waals surface area contributed by atoms with Crippen LogP contribution >= 0.6 is 7.82 Å². The number of allylic oxidation sites excluding steroid dienone is 3. The van der Waals surface area contributed by atoms with Crippen molar-refractivity contribution in [1.29, 1.82) is 0 Å². The molecular weight excluding hydrogens is 852 g/mol. The van der Waals surface area contributed by atoms with Crippen molar-refractivity contribution >= 4 is 13.7 Å². The van der Waals surface area contributed by atoms with E-state index in [9.17, 15) is 19.4 Å². The Morgan fingerprint density at radius 1 is 0.493 bits per heavy atom. The zero-order valence-corrected chi connectivity index (χ0v) is 46.3. The number of hydrogen-bond acceptors (Lipinski definition) is 5. The standard InChI is InChI=1S/C58H115N2O6P/c1-6-8-10-12-14-16-18-20-22-24-26-27-28-29-30-31-32-34-35-37-39-41-43-45-47-49-51-57(61)56(55-66-67(63,64)65-54-53-60(3,4)5)59-58(62)52-50-48-46-44-42-40-38-36-33-25-23-21-19-17-15-13-11-9-7-2/h21,23,49,51,56-57,61H,6-20,22,24-48,50,52-55H2,1-5H3,(H-,59,62,63,64)/p+1/b23-21-,51-49+. The van der Waals surface area contributed by atoms with Crippen LogP contribution in [0, 0.1) is 0 Å². The number of carbonyl (C=O) groups is 1. The predicted octanol–water partition coefficient (Wildman–Crippen LogP) is 17.6. The molecule has 3 atom stereocenters. The Balaban J connectivity index is 4.18. The van der Waals surface area contributed by atoms with E-state index >= 15 is 0 Å². The number of aliphatic hydroxyl groups excluding tert-OH is 1. The van der Waals surface area contributed by atoms with Gasteiger partial charge in [0.25, 0.3) is 0 Å². The lowest BCUT2D eigenvalue weighted by Crippen LogP contribution is -2.45. The molecule has 0 aromatic heterocycles. The van der Waals surface area contributed by atoms with E-state index in [1.807, 2.05) is 27.2 Å². The fourth-order valence-corrected chi connectivity index (χ4v) is 9.54. The van der Waals surface area contributed by atoms with Gasteiger partial charge in [-0.2, -0.15) is 0 Å². The van der Waals surface area contributed by atoms with Crippen LogP contribution in [0.2, 0.25) is 0 Å². The van der Waals surface area contributed by atoms with Gasteiger partial charge < -0.3 is 19.8 Å². The first-order valence-corrected chi connectivity index (χ1v) is 30.7. The second-order valence-electron chi connectivity index (χ2n) is 21.4. The third kappa shape index (κ3) is 52.6. The Kier molecular flexibility index (Phi) is 49.2. The minimum absolute atomic E-state index is 0.0628. The fourth-order valence-electron chi connectivity index (χ4n) is 8.80. The first kappa shape index (κ1) is 66.0. The van der Waals surface area contributed by atoms with Gasteiger partial charge in [-0.1, -0.05) is 263 Å². The number of amides is 1. The summed E-state index contributed by atoms with van der Waals surface area (Å²) in [6.45, 7) is 4.85. The molecule has 8 nitrogen and oxygen atoms in total. The highest BCUT2D eigenvalue weighted by molar-refractivity contribution is 7.47. The van der Waals surface area contributed by atoms with Crippen LogP contribution in [0.15, 0.2) is 24.3 Å². The molecule has 1 amide bonds. The maximum Gasteiger partial charge on any atom is 0.472 e. The van der Waals surface area contributed by atoms with E-state index in [-0.39, 0.29) is 19.1 Å². The van der Waals surface area contributed by atoms with Gasteiger partial charge in [0.15, 0.2) is 0 Å². The molecule has 0 radical (unpaired) electrons. The summed E-state index contributed by atoms with van der Waals surface area (Å²) in [7, 11) is 1.58. The monoisotopic (exact) mass is 968 g/mol. The molecule has 0 rings (SSSR count). The van der Waals surface area contributed by atoms with Crippen molar-refractivity contribution < 1.29 is 32.9 Å². The number of phosphoric acid groups is 1. The third-order valence-electron chi connectivity index (χ3n) is 13.4. The van der Waals surface area contributed by atoms with Crippen molar-refractivity contribution in [3.05, 3.63) is 24.3 Å². The molecule has 0 spiro atoms. The Morgan fingerprint density at radius 3 is 1.15 bits per heavy atom. The Morgan fingerprint density at radius 2 is 0.806 bits per heavy atom.